The zero-order valence-corrected chi connectivity index (χ0v) is 20.5. The minimum absolute atomic E-state index is 0.0701. The Morgan fingerprint density at radius 2 is 1.82 bits per heavy atom. The molecule has 0 saturated heterocycles. The highest BCUT2D eigenvalue weighted by Gasteiger charge is 2.78. The maximum absolute atomic E-state index is 14.0. The topological polar surface area (TPSA) is 211 Å². The molecule has 0 aromatic heterocycles. The number of benzene rings is 1. The highest BCUT2D eigenvalue weighted by Crippen LogP contribution is 2.56. The molecule has 0 spiro atoms. The van der Waals surface area contributed by atoms with E-state index in [0.717, 1.165) is 0 Å². The van der Waals surface area contributed by atoms with Crippen LogP contribution in [0.5, 0.6) is 5.75 Å². The summed E-state index contributed by atoms with van der Waals surface area (Å²) in [5, 5.41) is 20.7. The number of primary amides is 1. The van der Waals surface area contributed by atoms with Crippen LogP contribution >= 0.6 is 22.6 Å². The van der Waals surface area contributed by atoms with Crippen LogP contribution in [-0.2, 0) is 25.6 Å². The molecule has 2 unspecified atom stereocenters. The van der Waals surface area contributed by atoms with Gasteiger partial charge >= 0.3 is 0 Å². The molecule has 3 aliphatic rings. The molecule has 0 radical (unpaired) electrons. The number of hydrogen-bond acceptors (Lipinski definition) is 10. The normalized spacial score (nSPS) is 37.0. The van der Waals surface area contributed by atoms with Crippen molar-refractivity contribution in [1.29, 1.82) is 5.26 Å². The fourth-order valence-corrected chi connectivity index (χ4v) is 6.81. The maximum Gasteiger partial charge on any atom is 0.235 e. The van der Waals surface area contributed by atoms with Crippen LogP contribution in [0.25, 0.3) is 0 Å². The van der Waals surface area contributed by atoms with E-state index in [1.54, 1.807) is 12.1 Å². The Labute approximate surface area is 207 Å². The van der Waals surface area contributed by atoms with Crippen molar-refractivity contribution in [2.75, 3.05) is 14.1 Å². The minimum atomic E-state index is -2.73. The molecular weight excluding hydrogens is 557 g/mol. The number of Topliss-reactive ketones (excluding diaryl/α,β-unsaturated/α-hetero) is 4. The summed E-state index contributed by atoms with van der Waals surface area (Å²) < 4.78 is 0.617. The summed E-state index contributed by atoms with van der Waals surface area (Å²) in [7, 11) is 2.91. The number of halogens is 1. The van der Waals surface area contributed by atoms with Gasteiger partial charge in [-0.2, -0.15) is 5.26 Å². The van der Waals surface area contributed by atoms with Crippen molar-refractivity contribution in [2.24, 2.45) is 34.5 Å². The van der Waals surface area contributed by atoms with Crippen molar-refractivity contribution < 1.29 is 29.1 Å². The van der Waals surface area contributed by atoms with Crippen molar-refractivity contribution in [3.8, 4) is 11.8 Å². The number of likely N-dealkylation sites (N-methyl/N-ethyl adjacent to an activating group) is 1. The molecule has 11 nitrogen and oxygen atoms in total. The van der Waals surface area contributed by atoms with Gasteiger partial charge in [-0.3, -0.25) is 28.9 Å². The van der Waals surface area contributed by atoms with Gasteiger partial charge in [-0.05, 0) is 67.2 Å². The second kappa shape index (κ2) is 7.38. The van der Waals surface area contributed by atoms with Crippen LogP contribution in [0, 0.1) is 32.2 Å². The van der Waals surface area contributed by atoms with Gasteiger partial charge in [-0.25, -0.2) is 0 Å². The summed E-state index contributed by atoms with van der Waals surface area (Å²) in [6.45, 7) is 0. The van der Waals surface area contributed by atoms with Gasteiger partial charge in [0.25, 0.3) is 0 Å². The van der Waals surface area contributed by atoms with E-state index in [-0.39, 0.29) is 17.7 Å². The number of nitrogens with two attached hydrogens (primary N) is 3. The number of rotatable bonds is 2. The monoisotopic (exact) mass is 579 g/mol. The average molecular weight is 579 g/mol. The predicted molar refractivity (Wildman–Crippen MR) is 124 cm³/mol. The van der Waals surface area contributed by atoms with Crippen molar-refractivity contribution in [1.82, 2.24) is 4.90 Å². The third-order valence-electron chi connectivity index (χ3n) is 7.42. The molecule has 7 N–H and O–H groups in total. The van der Waals surface area contributed by atoms with Crippen LogP contribution in [0.1, 0.15) is 22.3 Å². The molecule has 0 heterocycles. The first-order valence-electron chi connectivity index (χ1n) is 10.3. The molecule has 34 heavy (non-hydrogen) atoms. The molecule has 0 bridgehead atoms. The van der Waals surface area contributed by atoms with Crippen LogP contribution < -0.4 is 17.2 Å². The van der Waals surface area contributed by atoms with Crippen molar-refractivity contribution in [3.63, 3.8) is 0 Å². The van der Waals surface area contributed by atoms with Crippen LogP contribution in [0.3, 0.4) is 0 Å². The molecule has 0 aliphatic heterocycles. The molecule has 3 aliphatic carbocycles. The zero-order chi connectivity index (χ0) is 25.5. The highest BCUT2D eigenvalue weighted by atomic mass is 127. The second-order valence-electron chi connectivity index (χ2n) is 9.54. The van der Waals surface area contributed by atoms with Crippen LogP contribution in [0.4, 0.5) is 0 Å². The summed E-state index contributed by atoms with van der Waals surface area (Å²) >= 11 is 1.97. The van der Waals surface area contributed by atoms with Crippen LogP contribution in [0.2, 0.25) is 0 Å². The number of ketones is 4. The van der Waals surface area contributed by atoms with E-state index in [9.17, 15) is 34.3 Å². The quantitative estimate of drug-likeness (QED) is 0.233. The summed E-state index contributed by atoms with van der Waals surface area (Å²) in [6.07, 6.45) is -0.494. The summed E-state index contributed by atoms with van der Waals surface area (Å²) in [5.74, 6) is -9.77. The van der Waals surface area contributed by atoms with Gasteiger partial charge in [-0.1, -0.05) is 0 Å². The van der Waals surface area contributed by atoms with E-state index in [0.29, 0.717) is 9.13 Å². The fourth-order valence-electron chi connectivity index (χ4n) is 6.17. The number of hydrogen-bond donors (Lipinski definition) is 4. The Bertz CT molecular complexity index is 1260. The lowest BCUT2D eigenvalue weighted by molar-refractivity contribution is -0.166. The van der Waals surface area contributed by atoms with E-state index >= 15 is 0 Å². The third kappa shape index (κ3) is 2.69. The summed E-state index contributed by atoms with van der Waals surface area (Å²) in [6, 6.07) is 3.14. The van der Waals surface area contributed by atoms with Gasteiger partial charge in [0, 0.05) is 9.11 Å². The maximum atomic E-state index is 14.0. The molecule has 4 rings (SSSR count). The Balaban J connectivity index is 2.04. The number of carbonyl (C=O) groups is 5. The van der Waals surface area contributed by atoms with Gasteiger partial charge in [0.1, 0.15) is 11.7 Å². The number of amides is 1. The van der Waals surface area contributed by atoms with Crippen LogP contribution in [-0.4, -0.2) is 70.3 Å². The number of carbonyl (C=O) groups excluding carboxylic acids is 5. The van der Waals surface area contributed by atoms with Gasteiger partial charge in [0.2, 0.25) is 5.91 Å². The lowest BCUT2D eigenvalue weighted by atomic mass is 9.43. The standard InChI is InChI=1S/C22H22IN5O6/c1-28(2)16-15(31)12(19(25)34)17(32)21(7-24)18(33)13-14(30)11-8(9(23)3-4-10(11)29)5-20(13,26)6-22(16,21)27/h3-4,12-13,16,29H,5-6,26-27H2,1-2H3,(H2,25,34)/t12?,13?,16-,20-,21+,22-/m1/s1. The number of phenolic OH excluding ortho intramolecular Hbond substituents is 1. The van der Waals surface area contributed by atoms with E-state index in [1.807, 2.05) is 22.6 Å². The van der Waals surface area contributed by atoms with E-state index < -0.39 is 69.8 Å². The largest absolute Gasteiger partial charge is 0.507 e. The number of nitriles is 1. The Morgan fingerprint density at radius 1 is 1.21 bits per heavy atom. The molecular formula is C22H22IN5O6. The van der Waals surface area contributed by atoms with Crippen molar-refractivity contribution >= 4 is 51.6 Å². The van der Waals surface area contributed by atoms with E-state index in [2.05, 4.69) is 0 Å². The van der Waals surface area contributed by atoms with Crippen molar-refractivity contribution in [2.45, 2.75) is 30.0 Å². The lowest BCUT2D eigenvalue weighted by Crippen LogP contribution is -2.85. The number of phenols is 1. The molecule has 178 valence electrons. The third-order valence-corrected chi connectivity index (χ3v) is 8.43. The average Bonchev–Trinajstić information content (AvgIpc) is 2.69. The molecule has 2 saturated carbocycles. The predicted octanol–water partition coefficient (Wildman–Crippen LogP) is -1.59. The molecule has 1 amide bonds. The Hall–Kier alpha value is -2.73. The van der Waals surface area contributed by atoms with Crippen LogP contribution in [0.15, 0.2) is 12.1 Å². The van der Waals surface area contributed by atoms with Gasteiger partial charge in [0.05, 0.1) is 23.2 Å². The number of aromatic hydroxyl groups is 1. The van der Waals surface area contributed by atoms with Crippen molar-refractivity contribution in [3.05, 3.63) is 26.8 Å². The molecule has 1 aromatic carbocycles. The molecule has 1 aromatic rings. The smallest absolute Gasteiger partial charge is 0.235 e. The van der Waals surface area contributed by atoms with Gasteiger partial charge in [-0.15, -0.1) is 0 Å². The first-order chi connectivity index (χ1) is 15.7. The second-order valence-corrected chi connectivity index (χ2v) is 10.7. The summed E-state index contributed by atoms with van der Waals surface area (Å²) in [5.41, 5.74) is 12.5. The van der Waals surface area contributed by atoms with Gasteiger partial charge < -0.3 is 22.3 Å². The first kappa shape index (κ1) is 24.4. The SMILES string of the molecule is CN(C)[C@@H]1C(=O)C(C(N)=O)C(=O)[C@@]2(C#N)C(=O)C3C(=O)c4c(O)ccc(I)c4C[C@@]3(N)C[C@@]12N. The fraction of sp³-hybridized carbons (Fsp3) is 0.455. The Kier molecular flexibility index (Phi) is 5.30. The minimum Gasteiger partial charge on any atom is -0.507 e. The summed E-state index contributed by atoms with van der Waals surface area (Å²) in [4.78, 5) is 67.9. The zero-order valence-electron chi connectivity index (χ0n) is 18.3. The first-order valence-corrected chi connectivity index (χ1v) is 11.4. The molecule has 2 fully saturated rings. The number of nitrogens with zero attached hydrogens (tertiary/aromatic N) is 2. The lowest BCUT2D eigenvalue weighted by Gasteiger charge is -2.60. The number of fused-ring (bicyclic) bond motifs is 3. The van der Waals surface area contributed by atoms with Gasteiger partial charge in [0.15, 0.2) is 34.5 Å². The Morgan fingerprint density at radius 3 is 2.35 bits per heavy atom. The van der Waals surface area contributed by atoms with E-state index in [4.69, 9.17) is 17.2 Å². The molecule has 12 heteroatoms. The molecule has 6 atom stereocenters. The van der Waals surface area contributed by atoms with E-state index in [1.165, 1.54) is 25.1 Å². The highest BCUT2D eigenvalue weighted by molar-refractivity contribution is 14.1.